The van der Waals surface area contributed by atoms with E-state index in [-0.39, 0.29) is 12.6 Å². The second-order valence-corrected chi connectivity index (χ2v) is 6.38. The molecule has 1 saturated heterocycles. The van der Waals surface area contributed by atoms with Gasteiger partial charge in [-0.2, -0.15) is 4.98 Å². The third kappa shape index (κ3) is 2.33. The number of hydrogen-bond donors (Lipinski definition) is 2. The third-order valence-corrected chi connectivity index (χ3v) is 4.64. The van der Waals surface area contributed by atoms with Crippen LogP contribution in [0.5, 0.6) is 0 Å². The predicted molar refractivity (Wildman–Crippen MR) is 83.8 cm³/mol. The molecule has 1 aliphatic rings. The van der Waals surface area contributed by atoms with Gasteiger partial charge in [-0.3, -0.25) is 0 Å². The zero-order chi connectivity index (χ0) is 14.1. The van der Waals surface area contributed by atoms with Crippen molar-refractivity contribution in [3.63, 3.8) is 0 Å². The largest absolute Gasteiger partial charge is 0.394 e. The maximum Gasteiger partial charge on any atom is 0.226 e. The molecule has 1 atom stereocenters. The van der Waals surface area contributed by atoms with E-state index in [1.165, 1.54) is 4.88 Å². The van der Waals surface area contributed by atoms with Crippen molar-refractivity contribution in [3.8, 4) is 0 Å². The molecule has 5 nitrogen and oxygen atoms in total. The first-order chi connectivity index (χ1) is 9.72. The number of thiophene rings is 1. The predicted octanol–water partition coefficient (Wildman–Crippen LogP) is 2.39. The summed E-state index contributed by atoms with van der Waals surface area (Å²) in [5.41, 5.74) is 0. The minimum atomic E-state index is 0.183. The Morgan fingerprint density at radius 2 is 2.35 bits per heavy atom. The maximum absolute atomic E-state index is 9.55. The molecule has 6 heteroatoms. The Balaban J connectivity index is 2.11. The molecule has 0 bridgehead atoms. The van der Waals surface area contributed by atoms with E-state index in [0.29, 0.717) is 5.95 Å². The molecule has 3 heterocycles. The quantitative estimate of drug-likeness (QED) is 0.906. The molecular formula is C14H20N4OS. The second kappa shape index (κ2) is 5.54. The highest BCUT2D eigenvalue weighted by atomic mass is 32.1. The van der Waals surface area contributed by atoms with Crippen LogP contribution in [0.4, 0.5) is 11.8 Å². The van der Waals surface area contributed by atoms with E-state index in [0.717, 1.165) is 42.0 Å². The van der Waals surface area contributed by atoms with Gasteiger partial charge in [0.1, 0.15) is 10.6 Å². The average Bonchev–Trinajstić information content (AvgIpc) is 3.03. The summed E-state index contributed by atoms with van der Waals surface area (Å²) in [5.74, 6) is 1.65. The van der Waals surface area contributed by atoms with E-state index in [1.54, 1.807) is 11.3 Å². The fourth-order valence-electron chi connectivity index (χ4n) is 2.79. The number of anilines is 2. The molecule has 1 unspecified atom stereocenters. The molecule has 0 spiro atoms. The van der Waals surface area contributed by atoms with Crippen LogP contribution in [0, 0.1) is 6.92 Å². The summed E-state index contributed by atoms with van der Waals surface area (Å²) in [5, 5.41) is 13.9. The van der Waals surface area contributed by atoms with Crippen molar-refractivity contribution in [2.45, 2.75) is 32.7 Å². The van der Waals surface area contributed by atoms with Crippen molar-refractivity contribution in [1.82, 2.24) is 9.97 Å². The number of rotatable bonds is 4. The lowest BCUT2D eigenvalue weighted by Gasteiger charge is -2.25. The lowest BCUT2D eigenvalue weighted by Crippen LogP contribution is -2.33. The molecule has 1 fully saturated rings. The molecule has 0 aromatic carbocycles. The van der Waals surface area contributed by atoms with Crippen molar-refractivity contribution in [2.24, 2.45) is 0 Å². The Kier molecular flexibility index (Phi) is 3.76. The molecule has 0 aliphatic carbocycles. The summed E-state index contributed by atoms with van der Waals surface area (Å²) in [4.78, 5) is 13.8. The molecule has 2 N–H and O–H groups in total. The Labute approximate surface area is 122 Å². The zero-order valence-corrected chi connectivity index (χ0v) is 12.7. The molecule has 2 aromatic heterocycles. The number of aliphatic hydroxyl groups is 1. The summed E-state index contributed by atoms with van der Waals surface area (Å²) in [7, 11) is 0. The van der Waals surface area contributed by atoms with E-state index in [2.05, 4.69) is 33.2 Å². The highest BCUT2D eigenvalue weighted by Gasteiger charge is 2.27. The smallest absolute Gasteiger partial charge is 0.226 e. The Morgan fingerprint density at radius 3 is 3.10 bits per heavy atom. The van der Waals surface area contributed by atoms with Crippen LogP contribution >= 0.6 is 11.3 Å². The van der Waals surface area contributed by atoms with Gasteiger partial charge in [0.25, 0.3) is 0 Å². The van der Waals surface area contributed by atoms with Crippen molar-refractivity contribution in [1.29, 1.82) is 0 Å². The molecule has 0 radical (unpaired) electrons. The number of aromatic nitrogens is 2. The minimum absolute atomic E-state index is 0.183. The summed E-state index contributed by atoms with van der Waals surface area (Å²) >= 11 is 1.69. The molecule has 20 heavy (non-hydrogen) atoms. The first-order valence-electron chi connectivity index (χ1n) is 7.12. The summed E-state index contributed by atoms with van der Waals surface area (Å²) in [6, 6.07) is 2.33. The highest BCUT2D eigenvalue weighted by molar-refractivity contribution is 7.18. The second-order valence-electron chi connectivity index (χ2n) is 5.15. The van der Waals surface area contributed by atoms with Crippen LogP contribution in [0.15, 0.2) is 6.07 Å². The van der Waals surface area contributed by atoms with Crippen LogP contribution in [0.25, 0.3) is 10.2 Å². The molecular weight excluding hydrogens is 272 g/mol. The Hall–Kier alpha value is -1.40. The average molecular weight is 292 g/mol. The number of aryl methyl sites for hydroxylation is 1. The molecule has 0 saturated carbocycles. The molecule has 1 aliphatic heterocycles. The van der Waals surface area contributed by atoms with Gasteiger partial charge in [-0.15, -0.1) is 11.3 Å². The third-order valence-electron chi connectivity index (χ3n) is 3.69. The number of aliphatic hydroxyl groups excluding tert-OH is 1. The Bertz CT molecular complexity index is 612. The van der Waals surface area contributed by atoms with Crippen molar-refractivity contribution in [2.75, 3.05) is 29.9 Å². The molecule has 0 amide bonds. The highest BCUT2D eigenvalue weighted by Crippen LogP contribution is 2.34. The van der Waals surface area contributed by atoms with Crippen LogP contribution < -0.4 is 10.2 Å². The lowest BCUT2D eigenvalue weighted by atomic mass is 10.2. The number of hydrogen-bond acceptors (Lipinski definition) is 6. The Morgan fingerprint density at radius 1 is 1.50 bits per heavy atom. The summed E-state index contributed by atoms with van der Waals surface area (Å²) < 4.78 is 0. The van der Waals surface area contributed by atoms with Gasteiger partial charge in [0.2, 0.25) is 5.95 Å². The van der Waals surface area contributed by atoms with E-state index < -0.39 is 0 Å². The molecule has 2 aromatic rings. The van der Waals surface area contributed by atoms with Gasteiger partial charge < -0.3 is 15.3 Å². The van der Waals surface area contributed by atoms with Crippen LogP contribution in [-0.4, -0.2) is 40.8 Å². The van der Waals surface area contributed by atoms with E-state index in [9.17, 15) is 5.11 Å². The van der Waals surface area contributed by atoms with E-state index >= 15 is 0 Å². The fraction of sp³-hybridized carbons (Fsp3) is 0.571. The summed E-state index contributed by atoms with van der Waals surface area (Å²) in [6.45, 7) is 6.08. The van der Waals surface area contributed by atoms with Gasteiger partial charge in [-0.25, -0.2) is 4.98 Å². The van der Waals surface area contributed by atoms with Crippen molar-refractivity contribution >= 4 is 33.3 Å². The van der Waals surface area contributed by atoms with Crippen LogP contribution in [0.3, 0.4) is 0 Å². The van der Waals surface area contributed by atoms with Crippen molar-refractivity contribution < 1.29 is 5.11 Å². The number of fused-ring (bicyclic) bond motifs is 1. The number of nitrogens with zero attached hydrogens (tertiary/aromatic N) is 3. The van der Waals surface area contributed by atoms with Crippen LogP contribution in [0.1, 0.15) is 24.6 Å². The molecule has 108 valence electrons. The van der Waals surface area contributed by atoms with E-state index in [4.69, 9.17) is 0 Å². The first kappa shape index (κ1) is 13.6. The first-order valence-corrected chi connectivity index (χ1v) is 7.94. The minimum Gasteiger partial charge on any atom is -0.394 e. The van der Waals surface area contributed by atoms with Gasteiger partial charge in [-0.05, 0) is 32.8 Å². The number of nitrogens with one attached hydrogen (secondary N) is 1. The topological polar surface area (TPSA) is 61.3 Å². The fourth-order valence-corrected chi connectivity index (χ4v) is 3.66. The lowest BCUT2D eigenvalue weighted by molar-refractivity contribution is 0.266. The maximum atomic E-state index is 9.55. The van der Waals surface area contributed by atoms with Gasteiger partial charge in [-0.1, -0.05) is 0 Å². The zero-order valence-electron chi connectivity index (χ0n) is 11.9. The summed E-state index contributed by atoms with van der Waals surface area (Å²) in [6.07, 6.45) is 2.14. The van der Waals surface area contributed by atoms with Crippen molar-refractivity contribution in [3.05, 3.63) is 10.9 Å². The van der Waals surface area contributed by atoms with Crippen LogP contribution in [0.2, 0.25) is 0 Å². The standard InChI is InChI=1S/C14H20N4OS/c1-3-15-14-16-12(18-6-4-5-10(18)8-19)11-7-9(2)20-13(11)17-14/h7,10,19H,3-6,8H2,1-2H3,(H,15,16,17). The molecule has 3 rings (SSSR count). The van der Waals surface area contributed by atoms with Gasteiger partial charge in [0.05, 0.1) is 18.0 Å². The monoisotopic (exact) mass is 292 g/mol. The van der Waals surface area contributed by atoms with Gasteiger partial charge >= 0.3 is 0 Å². The SMILES string of the molecule is CCNc1nc(N2CCCC2CO)c2cc(C)sc2n1. The van der Waals surface area contributed by atoms with E-state index in [1.807, 2.05) is 6.92 Å². The van der Waals surface area contributed by atoms with Crippen LogP contribution in [-0.2, 0) is 0 Å². The normalized spacial score (nSPS) is 18.9. The van der Waals surface area contributed by atoms with Gasteiger partial charge in [0, 0.05) is 18.0 Å². The van der Waals surface area contributed by atoms with Gasteiger partial charge in [0.15, 0.2) is 0 Å².